The molecule has 0 bridgehead atoms. The largest absolute Gasteiger partial charge is 0.490 e. The molecule has 2 aromatic heterocycles. The van der Waals surface area contributed by atoms with Crippen molar-refractivity contribution in [3.63, 3.8) is 0 Å². The van der Waals surface area contributed by atoms with E-state index in [0.717, 1.165) is 68.0 Å². The maximum Gasteiger partial charge on any atom is 0.223 e. The van der Waals surface area contributed by atoms with E-state index in [1.807, 2.05) is 17.2 Å². The molecule has 0 unspecified atom stereocenters. The third kappa shape index (κ3) is 4.45. The molecule has 0 aromatic carbocycles. The first kappa shape index (κ1) is 22.7. The lowest BCUT2D eigenvalue weighted by Gasteiger charge is -2.38. The van der Waals surface area contributed by atoms with Crippen molar-refractivity contribution in [3.8, 4) is 5.75 Å². The Morgan fingerprint density at radius 3 is 2.74 bits per heavy atom. The van der Waals surface area contributed by atoms with Crippen molar-refractivity contribution in [2.75, 3.05) is 39.4 Å². The first-order chi connectivity index (χ1) is 16.7. The molecule has 6 rings (SSSR count). The van der Waals surface area contributed by atoms with Crippen LogP contribution in [0.25, 0.3) is 10.2 Å². The van der Waals surface area contributed by atoms with E-state index in [1.165, 1.54) is 23.3 Å². The van der Waals surface area contributed by atoms with Gasteiger partial charge in [-0.15, -0.1) is 11.3 Å². The van der Waals surface area contributed by atoms with Crippen molar-refractivity contribution in [2.45, 2.75) is 75.5 Å². The highest BCUT2D eigenvalue weighted by Crippen LogP contribution is 2.48. The van der Waals surface area contributed by atoms with E-state index in [0.29, 0.717) is 32.0 Å². The number of amides is 1. The minimum atomic E-state index is -0.368. The number of morpholine rings is 1. The third-order valence-corrected chi connectivity index (χ3v) is 9.41. The van der Waals surface area contributed by atoms with Crippen LogP contribution >= 0.6 is 11.3 Å². The molecule has 4 heterocycles. The monoisotopic (exact) mass is 485 g/mol. The molecule has 2 atom stereocenters. The fourth-order valence-electron chi connectivity index (χ4n) is 6.39. The van der Waals surface area contributed by atoms with Crippen LogP contribution in [0.4, 0.5) is 0 Å². The van der Waals surface area contributed by atoms with Gasteiger partial charge in [0.25, 0.3) is 0 Å². The number of hydrogen-bond acceptors (Lipinski definition) is 7. The van der Waals surface area contributed by atoms with Crippen LogP contribution in [0.3, 0.4) is 0 Å². The number of aliphatic hydroxyl groups is 1. The van der Waals surface area contributed by atoms with Gasteiger partial charge in [-0.25, -0.2) is 4.98 Å². The van der Waals surface area contributed by atoms with E-state index in [1.54, 1.807) is 11.3 Å². The average Bonchev–Trinajstić information content (AvgIpc) is 3.56. The zero-order valence-electron chi connectivity index (χ0n) is 19.8. The number of β-amino-alcohol motifs (C(OH)–C–C–N with tert-alkyl or cyclic N) is 1. The number of nitrogens with zero attached hydrogens (tertiary/aromatic N) is 3. The molecule has 4 aliphatic rings. The fraction of sp³-hybridized carbons (Fsp3) is 0.692. The van der Waals surface area contributed by atoms with Gasteiger partial charge in [0, 0.05) is 49.7 Å². The van der Waals surface area contributed by atoms with Gasteiger partial charge in [-0.2, -0.15) is 0 Å². The molecule has 2 aliphatic carbocycles. The van der Waals surface area contributed by atoms with Crippen LogP contribution < -0.4 is 4.74 Å². The lowest BCUT2D eigenvalue weighted by molar-refractivity contribution is -0.130. The van der Waals surface area contributed by atoms with Crippen LogP contribution in [0.15, 0.2) is 12.3 Å². The number of aliphatic hydroxyl groups excluding tert-OH is 1. The Morgan fingerprint density at radius 1 is 1.15 bits per heavy atom. The molecule has 2 saturated heterocycles. The number of likely N-dealkylation sites (tertiary alicyclic amines) is 1. The van der Waals surface area contributed by atoms with Crippen molar-refractivity contribution in [3.05, 3.63) is 22.7 Å². The van der Waals surface area contributed by atoms with Crippen molar-refractivity contribution >= 4 is 27.5 Å². The Kier molecular flexibility index (Phi) is 6.49. The number of carbonyl (C=O) groups excluding carboxylic acids is 1. The summed E-state index contributed by atoms with van der Waals surface area (Å²) in [6.45, 7) is 4.98. The van der Waals surface area contributed by atoms with Crippen LogP contribution in [0.5, 0.6) is 5.75 Å². The highest BCUT2D eigenvalue weighted by atomic mass is 32.1. The van der Waals surface area contributed by atoms with E-state index < -0.39 is 0 Å². The van der Waals surface area contributed by atoms with Crippen LogP contribution in [0, 0.1) is 0 Å². The van der Waals surface area contributed by atoms with Gasteiger partial charge in [-0.05, 0) is 62.5 Å². The number of pyridine rings is 1. The Balaban J connectivity index is 1.16. The molecule has 3 fully saturated rings. The molecule has 1 saturated carbocycles. The number of ether oxygens (including phenoxy) is 2. The molecule has 1 N–H and O–H groups in total. The van der Waals surface area contributed by atoms with Crippen LogP contribution in [0.2, 0.25) is 0 Å². The smallest absolute Gasteiger partial charge is 0.223 e. The quantitative estimate of drug-likeness (QED) is 0.700. The van der Waals surface area contributed by atoms with E-state index in [9.17, 15) is 9.90 Å². The summed E-state index contributed by atoms with van der Waals surface area (Å²) in [5.74, 6) is 1.34. The Labute approximate surface area is 205 Å². The lowest BCUT2D eigenvalue weighted by Crippen LogP contribution is -2.46. The molecule has 2 aliphatic heterocycles. The lowest BCUT2D eigenvalue weighted by atomic mass is 9.91. The summed E-state index contributed by atoms with van der Waals surface area (Å²) >= 11 is 1.77. The summed E-state index contributed by atoms with van der Waals surface area (Å²) in [5, 5.41) is 11.0. The van der Waals surface area contributed by atoms with Gasteiger partial charge in [0.2, 0.25) is 5.91 Å². The number of carbonyl (C=O) groups is 1. The minimum absolute atomic E-state index is 0.168. The second-order valence-electron chi connectivity index (χ2n) is 10.3. The molecule has 1 amide bonds. The maximum atomic E-state index is 12.9. The normalized spacial score (nSPS) is 30.1. The van der Waals surface area contributed by atoms with Gasteiger partial charge >= 0.3 is 0 Å². The van der Waals surface area contributed by atoms with Gasteiger partial charge in [0.15, 0.2) is 0 Å². The van der Waals surface area contributed by atoms with Crippen molar-refractivity contribution in [2.24, 2.45) is 0 Å². The number of hydrogen-bond donors (Lipinski definition) is 1. The minimum Gasteiger partial charge on any atom is -0.490 e. The Hall–Kier alpha value is -1.74. The Bertz CT molecular complexity index is 1030. The van der Waals surface area contributed by atoms with E-state index in [2.05, 4.69) is 9.88 Å². The molecule has 0 spiro atoms. The number of thiophene rings is 1. The maximum absolute atomic E-state index is 12.9. The van der Waals surface area contributed by atoms with Crippen LogP contribution in [0.1, 0.15) is 61.3 Å². The first-order valence-corrected chi connectivity index (χ1v) is 13.8. The van der Waals surface area contributed by atoms with Gasteiger partial charge in [-0.3, -0.25) is 9.69 Å². The molecular formula is C26H35N3O4S. The number of aromatic nitrogens is 1. The predicted octanol–water partition coefficient (Wildman–Crippen LogP) is 3.33. The highest BCUT2D eigenvalue weighted by molar-refractivity contribution is 7.19. The van der Waals surface area contributed by atoms with Crippen molar-refractivity contribution in [1.29, 1.82) is 0 Å². The molecule has 0 radical (unpaired) electrons. The van der Waals surface area contributed by atoms with E-state index in [-0.39, 0.29) is 24.0 Å². The summed E-state index contributed by atoms with van der Waals surface area (Å²) in [5.41, 5.74) is 1.30. The van der Waals surface area contributed by atoms with E-state index in [4.69, 9.17) is 9.47 Å². The second-order valence-corrected chi connectivity index (χ2v) is 11.4. The Morgan fingerprint density at radius 2 is 1.97 bits per heavy atom. The zero-order chi connectivity index (χ0) is 23.1. The summed E-state index contributed by atoms with van der Waals surface area (Å²) in [7, 11) is 0. The average molecular weight is 486 g/mol. The van der Waals surface area contributed by atoms with Gasteiger partial charge in [0.05, 0.1) is 30.8 Å². The summed E-state index contributed by atoms with van der Waals surface area (Å²) in [6.07, 6.45) is 9.50. The predicted molar refractivity (Wildman–Crippen MR) is 132 cm³/mol. The molecular weight excluding hydrogens is 450 g/mol. The van der Waals surface area contributed by atoms with Crippen molar-refractivity contribution < 1.29 is 19.4 Å². The third-order valence-electron chi connectivity index (χ3n) is 8.23. The second kappa shape index (κ2) is 9.72. The molecule has 2 aromatic rings. The van der Waals surface area contributed by atoms with Crippen molar-refractivity contribution in [1.82, 2.24) is 14.8 Å². The van der Waals surface area contributed by atoms with E-state index >= 15 is 0 Å². The molecule has 7 nitrogen and oxygen atoms in total. The summed E-state index contributed by atoms with van der Waals surface area (Å²) in [6, 6.07) is 2.68. The SMILES string of the molecule is O=C(C[C@H]1CCc2sc3nccc(O[C@H]4CC[C@H](N5CCOCC5)CC4)c3c21)N1CC[C@H](O)C1. The topological polar surface area (TPSA) is 75.1 Å². The molecule has 34 heavy (non-hydrogen) atoms. The van der Waals surface area contributed by atoms with Gasteiger partial charge in [-0.1, -0.05) is 0 Å². The highest BCUT2D eigenvalue weighted by Gasteiger charge is 2.34. The summed E-state index contributed by atoms with van der Waals surface area (Å²) < 4.78 is 12.2. The number of fused-ring (bicyclic) bond motifs is 3. The summed E-state index contributed by atoms with van der Waals surface area (Å²) in [4.78, 5) is 24.4. The van der Waals surface area contributed by atoms with Gasteiger partial charge < -0.3 is 19.5 Å². The molecule has 184 valence electrons. The van der Waals surface area contributed by atoms with Gasteiger partial charge in [0.1, 0.15) is 10.6 Å². The fourth-order valence-corrected chi connectivity index (χ4v) is 7.65. The number of aryl methyl sites for hydroxylation is 1. The standard InChI is InChI=1S/C26H35N3O4S/c30-19-8-10-29(16-19)23(31)15-17-1-6-22-24(17)25-21(7-9-27-26(25)34-22)33-20-4-2-18(3-5-20)28-11-13-32-14-12-28/h7,9,17-20,30H,1-6,8,10-16H2/t17-,18-,19+,20-/m1/s1. The first-order valence-electron chi connectivity index (χ1n) is 13.0. The van der Waals surface area contributed by atoms with Crippen LogP contribution in [-0.2, 0) is 16.0 Å². The van der Waals surface area contributed by atoms with Crippen LogP contribution in [-0.4, -0.2) is 83.4 Å². The molecule has 8 heteroatoms. The number of rotatable bonds is 5. The zero-order valence-corrected chi connectivity index (χ0v) is 20.6.